The molecule has 0 fully saturated rings. The van der Waals surface area contributed by atoms with Crippen LogP contribution in [0.5, 0.6) is 0 Å². The molecule has 1 atom stereocenters. The molecule has 3 N–H and O–H groups in total. The van der Waals surface area contributed by atoms with E-state index in [1.54, 1.807) is 27.7 Å². The quantitative estimate of drug-likeness (QED) is 0.211. The molecule has 2 aromatic heterocycles. The van der Waals surface area contributed by atoms with Crippen LogP contribution in [0, 0.1) is 18.6 Å². The van der Waals surface area contributed by atoms with Crippen LogP contribution in [0.3, 0.4) is 0 Å². The highest BCUT2D eigenvalue weighted by Gasteiger charge is 2.25. The average Bonchev–Trinajstić information content (AvgIpc) is 3.01. The summed E-state index contributed by atoms with van der Waals surface area (Å²) in [5.41, 5.74) is -3.47. The van der Waals surface area contributed by atoms with Crippen LogP contribution in [-0.4, -0.2) is 59.5 Å². The number of carbonyl (C=O) groups is 3. The third kappa shape index (κ3) is 8.54. The number of anilines is 1. The maximum atomic E-state index is 15.0. The number of sulfonamides is 1. The zero-order valence-corrected chi connectivity index (χ0v) is 27.8. The number of nitrogens with one attached hydrogen (secondary N) is 3. The Balaban J connectivity index is 1.48. The second-order valence-corrected chi connectivity index (χ2v) is 13.8. The molecule has 2 radical (unpaired) electrons. The van der Waals surface area contributed by atoms with E-state index in [0.717, 1.165) is 16.7 Å². The molecule has 4 rings (SSSR count). The Morgan fingerprint density at radius 1 is 0.959 bits per heavy atom. The van der Waals surface area contributed by atoms with E-state index >= 15 is 8.78 Å². The van der Waals surface area contributed by atoms with E-state index in [1.165, 1.54) is 48.1 Å². The Bertz CT molecular complexity index is 2180. The Kier molecular flexibility index (Phi) is 10.4. The van der Waals surface area contributed by atoms with E-state index < -0.39 is 73.2 Å². The highest BCUT2D eigenvalue weighted by Crippen LogP contribution is 2.24. The maximum Gasteiger partial charge on any atom is 0.336 e. The SMILES string of the molecule is [B]C(=O)[C@H](Cc1ccc(-n2c(=O)cc(C)n(C)c2=O)nc1)NC(=O)c1cc(F)c(NS(=O)(=O)c2ccc(C(=O)NC(C)(C)C)cc2)cc1F. The van der Waals surface area contributed by atoms with Crippen molar-refractivity contribution in [3.05, 3.63) is 116 Å². The van der Waals surface area contributed by atoms with Crippen LogP contribution >= 0.6 is 0 Å². The van der Waals surface area contributed by atoms with E-state index in [9.17, 15) is 32.4 Å². The molecule has 0 spiro atoms. The molecule has 13 nitrogen and oxygen atoms in total. The predicted molar refractivity (Wildman–Crippen MR) is 176 cm³/mol. The lowest BCUT2D eigenvalue weighted by Gasteiger charge is -2.20. The lowest BCUT2D eigenvalue weighted by atomic mass is 9.90. The molecule has 2 heterocycles. The molecule has 0 unspecified atom stereocenters. The van der Waals surface area contributed by atoms with Crippen molar-refractivity contribution < 1.29 is 31.6 Å². The Hall–Kier alpha value is -5.45. The molecule has 0 aliphatic rings. The van der Waals surface area contributed by atoms with Gasteiger partial charge in [-0.2, -0.15) is 0 Å². The van der Waals surface area contributed by atoms with Gasteiger partial charge in [0.15, 0.2) is 7.85 Å². The van der Waals surface area contributed by atoms with Gasteiger partial charge in [0.2, 0.25) is 0 Å². The fraction of sp³-hybridized carbons (Fsp3) is 0.250. The Labute approximate surface area is 280 Å². The molecule has 0 saturated heterocycles. The summed E-state index contributed by atoms with van der Waals surface area (Å²) in [6.45, 7) is 6.91. The monoisotopic (exact) mass is 692 g/mol. The highest BCUT2D eigenvalue weighted by atomic mass is 32.2. The number of hydrogen-bond acceptors (Lipinski definition) is 8. The summed E-state index contributed by atoms with van der Waals surface area (Å²) in [4.78, 5) is 66.1. The predicted octanol–water partition coefficient (Wildman–Crippen LogP) is 1.88. The number of benzene rings is 2. The van der Waals surface area contributed by atoms with Crippen molar-refractivity contribution in [1.29, 1.82) is 0 Å². The third-order valence-corrected chi connectivity index (χ3v) is 8.53. The molecule has 0 saturated carbocycles. The van der Waals surface area contributed by atoms with Crippen LogP contribution in [0.2, 0.25) is 0 Å². The average molecular weight is 693 g/mol. The van der Waals surface area contributed by atoms with Gasteiger partial charge >= 0.3 is 5.69 Å². The van der Waals surface area contributed by atoms with Gasteiger partial charge in [-0.15, -0.1) is 0 Å². The second kappa shape index (κ2) is 14.0. The number of nitrogens with zero attached hydrogens (tertiary/aromatic N) is 3. The van der Waals surface area contributed by atoms with E-state index in [2.05, 4.69) is 15.6 Å². The third-order valence-electron chi connectivity index (χ3n) is 7.15. The van der Waals surface area contributed by atoms with Gasteiger partial charge < -0.3 is 20.0 Å². The van der Waals surface area contributed by atoms with E-state index in [-0.39, 0.29) is 22.7 Å². The number of pyridine rings is 1. The number of amides is 2. The number of aromatic nitrogens is 3. The summed E-state index contributed by atoms with van der Waals surface area (Å²) >= 11 is 0. The summed E-state index contributed by atoms with van der Waals surface area (Å²) in [6.07, 6.45) is 1.01. The first-order valence-electron chi connectivity index (χ1n) is 14.6. The summed E-state index contributed by atoms with van der Waals surface area (Å²) < 4.78 is 59.8. The van der Waals surface area contributed by atoms with Gasteiger partial charge in [0.05, 0.1) is 27.9 Å². The fourth-order valence-corrected chi connectivity index (χ4v) is 5.57. The molecule has 4 aromatic rings. The molecule has 0 bridgehead atoms. The zero-order valence-electron chi connectivity index (χ0n) is 27.0. The van der Waals surface area contributed by atoms with Crippen molar-refractivity contribution >= 4 is 41.1 Å². The molecule has 254 valence electrons. The molecular formula is C32H31BF2N6O7S. The summed E-state index contributed by atoms with van der Waals surface area (Å²) in [5, 5.41) is 4.95. The van der Waals surface area contributed by atoms with Gasteiger partial charge in [-0.25, -0.2) is 31.5 Å². The second-order valence-electron chi connectivity index (χ2n) is 12.1. The lowest BCUT2D eigenvalue weighted by Crippen LogP contribution is -2.43. The maximum absolute atomic E-state index is 15.0. The topological polar surface area (TPSA) is 178 Å². The number of hydrogen-bond donors (Lipinski definition) is 3. The van der Waals surface area contributed by atoms with Crippen LogP contribution in [0.25, 0.3) is 5.82 Å². The standard InChI is InChI=1S/C32H31BF2N6O7S/c1-17-12-27(42)41(31(46)40(17)5)26-11-6-18(16-36-26)13-25(28(33)43)37-30(45)21-14-23(35)24(15-22(21)34)39-49(47,48)20-9-7-19(8-10-20)29(44)38-32(2,3)4/h6-12,14-16,25,39H,13H2,1-5H3,(H,37,45)(H,38,44)/t25-/m0/s1. The zero-order chi connectivity index (χ0) is 36.4. The summed E-state index contributed by atoms with van der Waals surface area (Å²) in [7, 11) is 2.48. The highest BCUT2D eigenvalue weighted by molar-refractivity contribution is 7.92. The van der Waals surface area contributed by atoms with E-state index in [4.69, 9.17) is 7.85 Å². The largest absolute Gasteiger partial charge is 0.347 e. The minimum absolute atomic E-state index is 0.00258. The minimum Gasteiger partial charge on any atom is -0.347 e. The Morgan fingerprint density at radius 2 is 1.61 bits per heavy atom. The van der Waals surface area contributed by atoms with Crippen LogP contribution in [0.1, 0.15) is 52.7 Å². The van der Waals surface area contributed by atoms with E-state index in [0.29, 0.717) is 23.4 Å². The van der Waals surface area contributed by atoms with Gasteiger partial charge in [0, 0.05) is 48.6 Å². The molecule has 0 aliphatic carbocycles. The normalized spacial score (nSPS) is 12.2. The first kappa shape index (κ1) is 36.4. The van der Waals surface area contributed by atoms with Crippen molar-refractivity contribution in [3.8, 4) is 5.82 Å². The van der Waals surface area contributed by atoms with Crippen molar-refractivity contribution in [2.45, 2.75) is 50.6 Å². The van der Waals surface area contributed by atoms with Crippen molar-refractivity contribution in [1.82, 2.24) is 24.8 Å². The summed E-state index contributed by atoms with van der Waals surface area (Å²) in [6, 6.07) is 8.28. The van der Waals surface area contributed by atoms with Gasteiger partial charge in [-0.3, -0.25) is 19.1 Å². The van der Waals surface area contributed by atoms with Crippen LogP contribution < -0.4 is 26.6 Å². The van der Waals surface area contributed by atoms with Crippen LogP contribution in [-0.2, 0) is 28.3 Å². The van der Waals surface area contributed by atoms with Gasteiger partial charge in [0.1, 0.15) is 17.5 Å². The minimum atomic E-state index is -4.45. The van der Waals surface area contributed by atoms with Crippen LogP contribution in [0.4, 0.5) is 14.5 Å². The van der Waals surface area contributed by atoms with Gasteiger partial charge in [-0.1, -0.05) is 6.07 Å². The Morgan fingerprint density at radius 3 is 2.18 bits per heavy atom. The number of aryl methyl sites for hydroxylation is 1. The number of halogens is 2. The number of carbonyl (C=O) groups excluding carboxylic acids is 3. The first-order chi connectivity index (χ1) is 22.8. The lowest BCUT2D eigenvalue weighted by molar-refractivity contribution is -0.113. The van der Waals surface area contributed by atoms with Crippen molar-refractivity contribution in [2.75, 3.05) is 4.72 Å². The first-order valence-corrected chi connectivity index (χ1v) is 16.1. The van der Waals surface area contributed by atoms with Gasteiger partial charge in [-0.05, 0) is 69.7 Å². The smallest absolute Gasteiger partial charge is 0.336 e. The molecular weight excluding hydrogens is 661 g/mol. The van der Waals surface area contributed by atoms with Crippen LogP contribution in [0.15, 0.2) is 75.3 Å². The fourth-order valence-electron chi connectivity index (χ4n) is 4.51. The van der Waals surface area contributed by atoms with Gasteiger partial charge in [0.25, 0.3) is 27.4 Å². The summed E-state index contributed by atoms with van der Waals surface area (Å²) in [5.74, 6) is -4.28. The number of rotatable bonds is 10. The molecule has 2 amide bonds. The molecule has 49 heavy (non-hydrogen) atoms. The van der Waals surface area contributed by atoms with Crippen molar-refractivity contribution in [3.63, 3.8) is 0 Å². The molecule has 0 aliphatic heterocycles. The van der Waals surface area contributed by atoms with E-state index in [1.807, 2.05) is 4.72 Å². The molecule has 17 heteroatoms. The van der Waals surface area contributed by atoms with Crippen molar-refractivity contribution in [2.24, 2.45) is 7.05 Å². The molecule has 2 aromatic carbocycles.